The molecule has 2 unspecified atom stereocenters. The van der Waals surface area contributed by atoms with Crippen LogP contribution in [0.15, 0.2) is 66.0 Å². The van der Waals surface area contributed by atoms with Crippen LogP contribution in [0.25, 0.3) is 0 Å². The highest BCUT2D eigenvalue weighted by atomic mass is 32.2. The van der Waals surface area contributed by atoms with E-state index in [4.69, 9.17) is 0 Å². The summed E-state index contributed by atoms with van der Waals surface area (Å²) in [6.45, 7) is 3.69. The zero-order valence-electron chi connectivity index (χ0n) is 22.4. The lowest BCUT2D eigenvalue weighted by molar-refractivity contribution is -0.138. The summed E-state index contributed by atoms with van der Waals surface area (Å²) in [6.07, 6.45) is 0.284. The fourth-order valence-corrected chi connectivity index (χ4v) is 8.58. The first-order valence-electron chi connectivity index (χ1n) is 13.1. The molecule has 2 aliphatic rings. The number of carbonyl (C=O) groups is 2. The van der Waals surface area contributed by atoms with Crippen molar-refractivity contribution in [3.8, 4) is 0 Å². The smallest absolute Gasteiger partial charge is 0.346 e. The largest absolute Gasteiger partial charge is 0.418 e. The number of carbonyl (C=O) groups excluding carboxylic acids is 2. The third-order valence-corrected chi connectivity index (χ3v) is 10.8. The number of piperidine rings is 1. The molecule has 41 heavy (non-hydrogen) atoms. The highest BCUT2D eigenvalue weighted by Gasteiger charge is 2.68. The van der Waals surface area contributed by atoms with Crippen LogP contribution < -0.4 is 14.5 Å². The van der Waals surface area contributed by atoms with E-state index in [1.807, 2.05) is 0 Å². The van der Waals surface area contributed by atoms with Crippen molar-refractivity contribution in [2.75, 3.05) is 13.1 Å². The van der Waals surface area contributed by atoms with Gasteiger partial charge in [0.25, 0.3) is 5.91 Å². The lowest BCUT2D eigenvalue weighted by atomic mass is 9.70. The van der Waals surface area contributed by atoms with E-state index in [2.05, 4.69) is 20.6 Å². The van der Waals surface area contributed by atoms with Crippen molar-refractivity contribution in [2.45, 2.75) is 55.8 Å². The highest BCUT2D eigenvalue weighted by molar-refractivity contribution is 7.91. The van der Waals surface area contributed by atoms with Crippen LogP contribution >= 0.6 is 0 Å². The monoisotopic (exact) mass is 588 g/mol. The Kier molecular flexibility index (Phi) is 7.24. The fourth-order valence-electron chi connectivity index (χ4n) is 6.43. The lowest BCUT2D eigenvalue weighted by Crippen LogP contribution is -2.65. The second-order valence-corrected chi connectivity index (χ2v) is 12.3. The van der Waals surface area contributed by atoms with Gasteiger partial charge >= 0.3 is 22.1 Å². The molecule has 0 radical (unpaired) electrons. The number of sulfonamides is 1. The van der Waals surface area contributed by atoms with Crippen LogP contribution in [0, 0.1) is 0 Å². The second-order valence-electron chi connectivity index (χ2n) is 10.3. The minimum absolute atomic E-state index is 0.100. The molecule has 5 rings (SSSR count). The molecule has 13 heteroatoms. The number of fused-ring (bicyclic) bond motifs is 2. The quantitative estimate of drug-likeness (QED) is 0.437. The molecule has 4 heterocycles. The number of hydrogen-bond donors (Lipinski definition) is 2. The lowest BCUT2D eigenvalue weighted by Gasteiger charge is -2.41. The number of benzene rings is 1. The molecule has 2 aromatic heterocycles. The normalized spacial score (nSPS) is 21.8. The molecule has 1 spiro atoms. The predicted octanol–water partition coefficient (Wildman–Crippen LogP) is 3.69. The van der Waals surface area contributed by atoms with Crippen molar-refractivity contribution in [3.63, 3.8) is 0 Å². The third-order valence-electron chi connectivity index (χ3n) is 8.39. The maximum Gasteiger partial charge on any atom is 0.418 e. The average molecular weight is 589 g/mol. The van der Waals surface area contributed by atoms with E-state index < -0.39 is 55.5 Å². The minimum Gasteiger partial charge on any atom is -0.346 e. The number of hydrogen-bond acceptors (Lipinski definition) is 7. The van der Waals surface area contributed by atoms with E-state index in [1.165, 1.54) is 55.8 Å². The zero-order valence-corrected chi connectivity index (χ0v) is 23.2. The van der Waals surface area contributed by atoms with Crippen molar-refractivity contribution < 1.29 is 31.2 Å². The number of amides is 2. The van der Waals surface area contributed by atoms with Gasteiger partial charge in [0, 0.05) is 29.6 Å². The molecular weight excluding hydrogens is 559 g/mol. The van der Waals surface area contributed by atoms with Crippen molar-refractivity contribution in [1.82, 2.24) is 24.5 Å². The number of rotatable bonds is 5. The van der Waals surface area contributed by atoms with Crippen LogP contribution in [0.4, 0.5) is 18.9 Å². The van der Waals surface area contributed by atoms with Gasteiger partial charge in [-0.15, -0.1) is 3.89 Å². The second kappa shape index (κ2) is 10.3. The van der Waals surface area contributed by atoms with Crippen LogP contribution in [0.3, 0.4) is 0 Å². The van der Waals surface area contributed by atoms with Gasteiger partial charge in [0.1, 0.15) is 10.9 Å². The van der Waals surface area contributed by atoms with E-state index in [-0.39, 0.29) is 21.8 Å². The topological polar surface area (TPSA) is 118 Å². The van der Waals surface area contributed by atoms with E-state index in [0.717, 1.165) is 6.07 Å². The number of nitrogens with one attached hydrogen (secondary N) is 2. The number of aromatic nitrogens is 2. The Morgan fingerprint density at radius 2 is 1.83 bits per heavy atom. The van der Waals surface area contributed by atoms with Gasteiger partial charge in [-0.05, 0) is 69.3 Å². The molecule has 2 aliphatic heterocycles. The number of pyridine rings is 2. The van der Waals surface area contributed by atoms with Crippen molar-refractivity contribution in [2.24, 2.45) is 0 Å². The number of quaternary nitrogens is 1. The van der Waals surface area contributed by atoms with Gasteiger partial charge in [0.15, 0.2) is 5.69 Å². The van der Waals surface area contributed by atoms with Gasteiger partial charge in [-0.25, -0.2) is 4.79 Å². The summed E-state index contributed by atoms with van der Waals surface area (Å²) in [7, 11) is -4.35. The predicted molar refractivity (Wildman–Crippen MR) is 144 cm³/mol. The van der Waals surface area contributed by atoms with Crippen molar-refractivity contribution in [3.05, 3.63) is 83.4 Å². The molecule has 2 atom stereocenters. The minimum atomic E-state index is -4.63. The molecule has 1 fully saturated rings. The molecule has 0 aliphatic carbocycles. The van der Waals surface area contributed by atoms with Crippen LogP contribution in [0.5, 0.6) is 0 Å². The molecule has 1 saturated heterocycles. The molecule has 216 valence electrons. The maximum absolute atomic E-state index is 14.3. The Labute approximate surface area is 235 Å². The van der Waals surface area contributed by atoms with E-state index in [1.54, 1.807) is 13.0 Å². The molecule has 2 amide bonds. The maximum atomic E-state index is 14.3. The van der Waals surface area contributed by atoms with E-state index in [9.17, 15) is 31.2 Å². The number of nitrogens with zero attached hydrogens (tertiary/aromatic N) is 3. The van der Waals surface area contributed by atoms with Crippen molar-refractivity contribution in [1.29, 1.82) is 0 Å². The first kappa shape index (κ1) is 28.8. The molecule has 3 aromatic rings. The average Bonchev–Trinajstić information content (AvgIpc) is 3.17. The van der Waals surface area contributed by atoms with Crippen LogP contribution in [-0.4, -0.2) is 49.3 Å². The Hall–Kier alpha value is -3.68. The summed E-state index contributed by atoms with van der Waals surface area (Å²) >= 11 is 0. The standard InChI is InChI=1S/C28H28F3N5O4S/c1-18-27(9-13-32-14-10-27)23-15-20(26(38)35-17-24-22(28(29,30)31)6-4-12-34-24)7-8-25(23)36(18,19(2)37)41(39,40)21-5-3-11-33-16-21/h3-8,11-12,15-16,18,32H,9-10,13-14,17H2,1-2H3/p+1. The Morgan fingerprint density at radius 3 is 2.46 bits per heavy atom. The number of halogens is 3. The van der Waals surface area contributed by atoms with Gasteiger partial charge in [0.05, 0.1) is 36.3 Å². The van der Waals surface area contributed by atoms with Gasteiger partial charge in [-0.3, -0.25) is 14.8 Å². The van der Waals surface area contributed by atoms with Crippen LogP contribution in [0.1, 0.15) is 53.9 Å². The molecule has 9 nitrogen and oxygen atoms in total. The summed E-state index contributed by atoms with van der Waals surface area (Å²) < 4.78 is 67.9. The molecule has 0 saturated carbocycles. The van der Waals surface area contributed by atoms with Gasteiger partial charge in [-0.2, -0.15) is 21.6 Å². The molecular formula is C28H29F3N5O4S+. The van der Waals surface area contributed by atoms with Gasteiger partial charge in [0.2, 0.25) is 0 Å². The van der Waals surface area contributed by atoms with Gasteiger partial charge in [-0.1, -0.05) is 0 Å². The van der Waals surface area contributed by atoms with E-state index >= 15 is 0 Å². The zero-order chi connectivity index (χ0) is 29.6. The first-order valence-corrected chi connectivity index (χ1v) is 14.5. The van der Waals surface area contributed by atoms with Crippen LogP contribution in [-0.2, 0) is 33.0 Å². The summed E-state index contributed by atoms with van der Waals surface area (Å²) in [5.74, 6) is -1.24. The highest BCUT2D eigenvalue weighted by Crippen LogP contribution is 2.57. The summed E-state index contributed by atoms with van der Waals surface area (Å²) in [5.41, 5.74) is -1.07. The first-order chi connectivity index (χ1) is 19.4. The molecule has 2 N–H and O–H groups in total. The SMILES string of the molecule is CC(=O)[N+]1(S(=O)(=O)c2cccnc2)c2ccc(C(=O)NCc3ncccc3C(F)(F)F)cc2C2(CCNCC2)C1C. The Balaban J connectivity index is 1.60. The molecule has 1 aromatic carbocycles. The van der Waals surface area contributed by atoms with Gasteiger partial charge < -0.3 is 10.6 Å². The molecule has 0 bridgehead atoms. The summed E-state index contributed by atoms with van der Waals surface area (Å²) in [5, 5.41) is 5.79. The third kappa shape index (κ3) is 4.43. The number of alkyl halides is 3. The Bertz CT molecular complexity index is 1610. The van der Waals surface area contributed by atoms with Crippen LogP contribution in [0.2, 0.25) is 0 Å². The summed E-state index contributed by atoms with van der Waals surface area (Å²) in [6, 6.07) is 8.69. The Morgan fingerprint density at radius 1 is 1.12 bits per heavy atom. The summed E-state index contributed by atoms with van der Waals surface area (Å²) in [4.78, 5) is 34.4. The fraction of sp³-hybridized carbons (Fsp3) is 0.357. The van der Waals surface area contributed by atoms with Crippen molar-refractivity contribution >= 4 is 27.5 Å². The van der Waals surface area contributed by atoms with E-state index in [0.29, 0.717) is 31.5 Å².